The lowest BCUT2D eigenvalue weighted by molar-refractivity contribution is -0.136. The van der Waals surface area contributed by atoms with Crippen molar-refractivity contribution < 1.29 is 17.6 Å². The fourth-order valence-corrected chi connectivity index (χ4v) is 3.21. The van der Waals surface area contributed by atoms with Gasteiger partial charge in [-0.15, -0.1) is 0 Å². The Labute approximate surface area is 155 Å². The molecule has 0 radical (unpaired) electrons. The number of para-hydroxylation sites is 1. The van der Waals surface area contributed by atoms with E-state index in [4.69, 9.17) is 4.42 Å². The first kappa shape index (κ1) is 16.8. The lowest BCUT2D eigenvalue weighted by Crippen LogP contribution is -2.07. The van der Waals surface area contributed by atoms with Crippen LogP contribution in [0.25, 0.3) is 33.5 Å². The molecular formula is C20H11BrF3NO. The Morgan fingerprint density at radius 1 is 0.923 bits per heavy atom. The standard InChI is InChI=1S/C20H11BrF3NO/c21-13-9-18(26-11-13)17-10-15(12-5-2-1-3-6-12)14-7-4-8-16(19(14)25-17)20(22,23)24/h1-11H. The third-order valence-corrected chi connectivity index (χ3v) is 4.47. The molecule has 0 saturated carbocycles. The minimum atomic E-state index is -4.50. The fourth-order valence-electron chi connectivity index (χ4n) is 2.91. The number of fused-ring (bicyclic) bond motifs is 1. The van der Waals surface area contributed by atoms with Gasteiger partial charge in [0.2, 0.25) is 0 Å². The molecule has 2 aromatic heterocycles. The Bertz CT molecular complexity index is 1090. The van der Waals surface area contributed by atoms with Crippen LogP contribution in [0, 0.1) is 0 Å². The monoisotopic (exact) mass is 417 g/mol. The highest BCUT2D eigenvalue weighted by atomic mass is 79.9. The van der Waals surface area contributed by atoms with Crippen LogP contribution in [0.3, 0.4) is 0 Å². The zero-order chi connectivity index (χ0) is 18.3. The number of benzene rings is 2. The van der Waals surface area contributed by atoms with Gasteiger partial charge >= 0.3 is 6.18 Å². The summed E-state index contributed by atoms with van der Waals surface area (Å²) in [5.74, 6) is 0.396. The van der Waals surface area contributed by atoms with E-state index < -0.39 is 11.7 Å². The zero-order valence-corrected chi connectivity index (χ0v) is 14.8. The van der Waals surface area contributed by atoms with E-state index >= 15 is 0 Å². The Balaban J connectivity index is 2.09. The molecule has 2 aromatic carbocycles. The maximum absolute atomic E-state index is 13.5. The van der Waals surface area contributed by atoms with Gasteiger partial charge in [-0.2, -0.15) is 13.2 Å². The predicted octanol–water partition coefficient (Wildman–Crippen LogP) is 6.94. The smallest absolute Gasteiger partial charge is 0.418 e. The van der Waals surface area contributed by atoms with Crippen molar-refractivity contribution in [3.8, 4) is 22.6 Å². The van der Waals surface area contributed by atoms with Gasteiger partial charge in [0.15, 0.2) is 5.76 Å². The van der Waals surface area contributed by atoms with E-state index in [-0.39, 0.29) is 5.52 Å². The highest BCUT2D eigenvalue weighted by Gasteiger charge is 2.33. The van der Waals surface area contributed by atoms with Gasteiger partial charge in [0.1, 0.15) is 12.0 Å². The summed E-state index contributed by atoms with van der Waals surface area (Å²) < 4.78 is 46.7. The molecule has 6 heteroatoms. The van der Waals surface area contributed by atoms with Crippen LogP contribution in [-0.2, 0) is 6.18 Å². The molecular weight excluding hydrogens is 407 g/mol. The molecule has 4 rings (SSSR count). The molecule has 0 bridgehead atoms. The summed E-state index contributed by atoms with van der Waals surface area (Å²) in [5.41, 5.74) is 0.970. The lowest BCUT2D eigenvalue weighted by atomic mass is 9.97. The van der Waals surface area contributed by atoms with E-state index in [2.05, 4.69) is 20.9 Å². The summed E-state index contributed by atoms with van der Waals surface area (Å²) in [6.45, 7) is 0. The molecule has 0 amide bonds. The zero-order valence-electron chi connectivity index (χ0n) is 13.2. The van der Waals surface area contributed by atoms with Crippen LogP contribution in [0.4, 0.5) is 13.2 Å². The minimum absolute atomic E-state index is 0.0936. The Morgan fingerprint density at radius 3 is 2.35 bits per heavy atom. The number of hydrogen-bond acceptors (Lipinski definition) is 2. The van der Waals surface area contributed by atoms with Crippen molar-refractivity contribution in [3.63, 3.8) is 0 Å². The van der Waals surface area contributed by atoms with Crippen molar-refractivity contribution in [3.05, 3.63) is 77.0 Å². The van der Waals surface area contributed by atoms with E-state index in [1.54, 1.807) is 18.2 Å². The lowest BCUT2D eigenvalue weighted by Gasteiger charge is -2.14. The molecule has 0 aliphatic carbocycles. The van der Waals surface area contributed by atoms with Crippen LogP contribution in [-0.4, -0.2) is 4.98 Å². The van der Waals surface area contributed by atoms with Crippen LogP contribution in [0.15, 0.2) is 75.8 Å². The van der Waals surface area contributed by atoms with Gasteiger partial charge in [0.25, 0.3) is 0 Å². The number of hydrogen-bond donors (Lipinski definition) is 0. The molecule has 0 N–H and O–H groups in total. The van der Waals surface area contributed by atoms with Gasteiger partial charge in [-0.05, 0) is 39.2 Å². The van der Waals surface area contributed by atoms with Gasteiger partial charge in [0, 0.05) is 11.5 Å². The molecule has 0 unspecified atom stereocenters. The van der Waals surface area contributed by atoms with E-state index in [1.165, 1.54) is 12.3 Å². The largest absolute Gasteiger partial charge is 0.462 e. The number of halogens is 4. The van der Waals surface area contributed by atoms with Crippen molar-refractivity contribution in [1.82, 2.24) is 4.98 Å². The molecule has 0 aliphatic heterocycles. The SMILES string of the molecule is FC(F)(F)c1cccc2c(-c3ccccc3)cc(-c3cc(Br)co3)nc12. The van der Waals surface area contributed by atoms with Gasteiger partial charge in [-0.25, -0.2) is 4.98 Å². The quantitative estimate of drug-likeness (QED) is 0.352. The van der Waals surface area contributed by atoms with Gasteiger partial charge < -0.3 is 4.42 Å². The average molecular weight is 418 g/mol. The second-order valence-electron chi connectivity index (χ2n) is 5.75. The number of pyridine rings is 1. The number of rotatable bonds is 2. The van der Waals surface area contributed by atoms with E-state index in [0.29, 0.717) is 26.9 Å². The maximum atomic E-state index is 13.5. The molecule has 0 saturated heterocycles. The van der Waals surface area contributed by atoms with Crippen LogP contribution in [0.1, 0.15) is 5.56 Å². The molecule has 0 aliphatic rings. The number of furan rings is 1. The second kappa shape index (κ2) is 6.29. The Kier molecular flexibility index (Phi) is 4.07. The summed E-state index contributed by atoms with van der Waals surface area (Å²) in [5, 5.41) is 0.445. The first-order valence-electron chi connectivity index (χ1n) is 7.74. The highest BCUT2D eigenvalue weighted by molar-refractivity contribution is 9.10. The van der Waals surface area contributed by atoms with Crippen LogP contribution in [0.5, 0.6) is 0 Å². The number of alkyl halides is 3. The molecule has 130 valence electrons. The molecule has 4 aromatic rings. The summed E-state index contributed by atoms with van der Waals surface area (Å²) in [4.78, 5) is 4.28. The van der Waals surface area contributed by atoms with Crippen molar-refractivity contribution >= 4 is 26.8 Å². The normalized spacial score (nSPS) is 11.8. The molecule has 0 atom stereocenters. The third-order valence-electron chi connectivity index (χ3n) is 4.05. The summed E-state index contributed by atoms with van der Waals surface area (Å²) in [7, 11) is 0. The first-order valence-corrected chi connectivity index (χ1v) is 8.53. The number of aromatic nitrogens is 1. The van der Waals surface area contributed by atoms with Crippen molar-refractivity contribution in [2.24, 2.45) is 0 Å². The first-order chi connectivity index (χ1) is 12.4. The van der Waals surface area contributed by atoms with Gasteiger partial charge in [0.05, 0.1) is 15.6 Å². The maximum Gasteiger partial charge on any atom is 0.418 e. The number of nitrogens with zero attached hydrogens (tertiary/aromatic N) is 1. The minimum Gasteiger partial charge on any atom is -0.462 e. The van der Waals surface area contributed by atoms with Crippen molar-refractivity contribution in [2.75, 3.05) is 0 Å². The van der Waals surface area contributed by atoms with Crippen molar-refractivity contribution in [1.29, 1.82) is 0 Å². The molecule has 2 nitrogen and oxygen atoms in total. The average Bonchev–Trinajstić information content (AvgIpc) is 3.06. The molecule has 26 heavy (non-hydrogen) atoms. The van der Waals surface area contributed by atoms with E-state index in [9.17, 15) is 13.2 Å². The third kappa shape index (κ3) is 3.01. The second-order valence-corrected chi connectivity index (χ2v) is 6.67. The Morgan fingerprint density at radius 2 is 1.69 bits per heavy atom. The van der Waals surface area contributed by atoms with Crippen LogP contribution in [0.2, 0.25) is 0 Å². The summed E-state index contributed by atoms with van der Waals surface area (Å²) in [6.07, 6.45) is -3.03. The van der Waals surface area contributed by atoms with Crippen molar-refractivity contribution in [2.45, 2.75) is 6.18 Å². The Hall–Kier alpha value is -2.60. The summed E-state index contributed by atoms with van der Waals surface area (Å²) in [6, 6.07) is 16.8. The van der Waals surface area contributed by atoms with Crippen LogP contribution < -0.4 is 0 Å². The summed E-state index contributed by atoms with van der Waals surface area (Å²) >= 11 is 3.29. The molecule has 0 fully saturated rings. The molecule has 2 heterocycles. The molecule has 0 spiro atoms. The predicted molar refractivity (Wildman–Crippen MR) is 97.6 cm³/mol. The van der Waals surface area contributed by atoms with Gasteiger partial charge in [-0.1, -0.05) is 42.5 Å². The van der Waals surface area contributed by atoms with Gasteiger partial charge in [-0.3, -0.25) is 0 Å². The van der Waals surface area contributed by atoms with Crippen LogP contribution >= 0.6 is 15.9 Å². The topological polar surface area (TPSA) is 26.0 Å². The van der Waals surface area contributed by atoms with E-state index in [1.807, 2.05) is 30.3 Å². The highest BCUT2D eigenvalue weighted by Crippen LogP contribution is 2.39. The fraction of sp³-hybridized carbons (Fsp3) is 0.0500. The van der Waals surface area contributed by atoms with E-state index in [0.717, 1.165) is 11.6 Å².